The van der Waals surface area contributed by atoms with Gasteiger partial charge in [-0.15, -0.1) is 0 Å². The summed E-state index contributed by atoms with van der Waals surface area (Å²) in [4.78, 5) is 30.9. The molecule has 0 aromatic heterocycles. The van der Waals surface area contributed by atoms with Crippen LogP contribution in [-0.2, 0) is 19.6 Å². The van der Waals surface area contributed by atoms with E-state index < -0.39 is 27.8 Å². The molecule has 0 radical (unpaired) electrons. The Bertz CT molecular complexity index is 725. The molecular formula is C18H33N5O5S. The molecule has 2 rings (SSSR count). The van der Waals surface area contributed by atoms with Crippen molar-refractivity contribution >= 4 is 28.0 Å². The highest BCUT2D eigenvalue weighted by Crippen LogP contribution is 2.13. The minimum absolute atomic E-state index is 0.107. The monoisotopic (exact) mass is 431 g/mol. The molecule has 2 heterocycles. The van der Waals surface area contributed by atoms with Gasteiger partial charge >= 0.3 is 6.09 Å². The van der Waals surface area contributed by atoms with Gasteiger partial charge in [0, 0.05) is 19.6 Å². The summed E-state index contributed by atoms with van der Waals surface area (Å²) in [6.07, 6.45) is 3.42. The number of sulfonamides is 1. The van der Waals surface area contributed by atoms with Gasteiger partial charge in [0.2, 0.25) is 21.9 Å². The van der Waals surface area contributed by atoms with Gasteiger partial charge in [0.1, 0.15) is 11.6 Å². The summed E-state index contributed by atoms with van der Waals surface area (Å²) < 4.78 is 30.0. The summed E-state index contributed by atoms with van der Waals surface area (Å²) in [5, 5.41) is 5.72. The second-order valence-electron chi connectivity index (χ2n) is 8.34. The molecule has 1 fully saturated rings. The average molecular weight is 432 g/mol. The summed E-state index contributed by atoms with van der Waals surface area (Å²) in [5.41, 5.74) is -0.650. The molecule has 0 bridgehead atoms. The van der Waals surface area contributed by atoms with Gasteiger partial charge in [-0.05, 0) is 46.5 Å². The highest BCUT2D eigenvalue weighted by Gasteiger charge is 2.29. The van der Waals surface area contributed by atoms with Gasteiger partial charge in [-0.1, -0.05) is 0 Å². The Morgan fingerprint density at radius 2 is 1.86 bits per heavy atom. The SMILES string of the molecule is CC(C)(C)OC(=O)N[C@@H](CCCNC1=NCCN1S(C)(=O)=O)C(=O)N1CCCC1. The van der Waals surface area contributed by atoms with Crippen LogP contribution in [0.3, 0.4) is 0 Å². The van der Waals surface area contributed by atoms with Gasteiger partial charge in [-0.25, -0.2) is 17.5 Å². The Hall–Kier alpha value is -2.04. The molecule has 2 aliphatic rings. The Balaban J connectivity index is 1.89. The lowest BCUT2D eigenvalue weighted by Gasteiger charge is -2.26. The summed E-state index contributed by atoms with van der Waals surface area (Å²) in [5.74, 6) is 0.222. The highest BCUT2D eigenvalue weighted by atomic mass is 32.2. The number of carbonyl (C=O) groups excluding carboxylic acids is 2. The van der Waals surface area contributed by atoms with E-state index in [1.165, 1.54) is 4.31 Å². The van der Waals surface area contributed by atoms with Crippen molar-refractivity contribution in [1.82, 2.24) is 19.8 Å². The maximum absolute atomic E-state index is 12.8. The number of amides is 2. The first-order valence-corrected chi connectivity index (χ1v) is 11.9. The van der Waals surface area contributed by atoms with Gasteiger partial charge in [0.05, 0.1) is 19.3 Å². The smallest absolute Gasteiger partial charge is 0.408 e. The molecule has 2 amide bonds. The maximum Gasteiger partial charge on any atom is 0.408 e. The van der Waals surface area contributed by atoms with E-state index in [2.05, 4.69) is 15.6 Å². The van der Waals surface area contributed by atoms with Gasteiger partial charge < -0.3 is 20.3 Å². The lowest BCUT2D eigenvalue weighted by Crippen LogP contribution is -2.49. The Morgan fingerprint density at radius 1 is 1.21 bits per heavy atom. The molecule has 0 aliphatic carbocycles. The second-order valence-corrected chi connectivity index (χ2v) is 10.2. The fourth-order valence-electron chi connectivity index (χ4n) is 3.27. The summed E-state index contributed by atoms with van der Waals surface area (Å²) in [7, 11) is -3.36. The van der Waals surface area contributed by atoms with Crippen molar-refractivity contribution < 1.29 is 22.7 Å². The van der Waals surface area contributed by atoms with E-state index in [1.807, 2.05) is 0 Å². The van der Waals surface area contributed by atoms with Crippen LogP contribution in [0.1, 0.15) is 46.5 Å². The van der Waals surface area contributed by atoms with E-state index >= 15 is 0 Å². The van der Waals surface area contributed by atoms with Crippen LogP contribution in [0.25, 0.3) is 0 Å². The highest BCUT2D eigenvalue weighted by molar-refractivity contribution is 7.88. The first-order chi connectivity index (χ1) is 13.5. The van der Waals surface area contributed by atoms with Crippen LogP contribution in [-0.4, -0.2) is 86.2 Å². The van der Waals surface area contributed by atoms with Crippen molar-refractivity contribution in [2.24, 2.45) is 4.99 Å². The van der Waals surface area contributed by atoms with Crippen LogP contribution in [0.4, 0.5) is 4.79 Å². The zero-order valence-corrected chi connectivity index (χ0v) is 18.5. The van der Waals surface area contributed by atoms with E-state index in [-0.39, 0.29) is 5.91 Å². The Morgan fingerprint density at radius 3 is 2.45 bits per heavy atom. The third-order valence-electron chi connectivity index (χ3n) is 4.56. The average Bonchev–Trinajstić information content (AvgIpc) is 3.25. The number of likely N-dealkylation sites (tertiary alicyclic amines) is 1. The molecule has 11 heteroatoms. The third kappa shape index (κ3) is 7.37. The number of ether oxygens (including phenoxy) is 1. The molecule has 2 N–H and O–H groups in total. The lowest BCUT2D eigenvalue weighted by atomic mass is 10.1. The molecule has 1 atom stereocenters. The first-order valence-electron chi connectivity index (χ1n) is 10.0. The van der Waals surface area contributed by atoms with Crippen molar-refractivity contribution in [3.63, 3.8) is 0 Å². The molecule has 1 saturated heterocycles. The van der Waals surface area contributed by atoms with Gasteiger partial charge in [0.15, 0.2) is 0 Å². The molecule has 0 spiro atoms. The lowest BCUT2D eigenvalue weighted by molar-refractivity contribution is -0.132. The van der Waals surface area contributed by atoms with Crippen molar-refractivity contribution in [3.05, 3.63) is 0 Å². The number of alkyl carbamates (subject to hydrolysis) is 1. The fraction of sp³-hybridized carbons (Fsp3) is 0.833. The number of rotatable bonds is 7. The van der Waals surface area contributed by atoms with Gasteiger partial charge in [0.25, 0.3) is 0 Å². The van der Waals surface area contributed by atoms with E-state index in [1.54, 1.807) is 25.7 Å². The van der Waals surface area contributed by atoms with Crippen molar-refractivity contribution in [2.75, 3.05) is 39.0 Å². The number of aliphatic imine (C=N–C) groups is 1. The minimum atomic E-state index is -3.36. The standard InChI is InChI=1S/C18H33N5O5S/c1-18(2,3)28-17(25)21-14(15(24)22-11-5-6-12-22)8-7-9-19-16-20-10-13-23(16)29(4,26)27/h14H,5-13H2,1-4H3,(H,19,20)(H,21,25)/t14-/m0/s1. The largest absolute Gasteiger partial charge is 0.444 e. The maximum atomic E-state index is 12.8. The number of nitrogens with one attached hydrogen (secondary N) is 2. The van der Waals surface area contributed by atoms with Crippen LogP contribution in [0, 0.1) is 0 Å². The van der Waals surface area contributed by atoms with Crippen LogP contribution in [0.5, 0.6) is 0 Å². The number of guanidine groups is 1. The number of hydrogen-bond acceptors (Lipinski definition) is 7. The summed E-state index contributed by atoms with van der Waals surface area (Å²) >= 11 is 0. The molecule has 0 unspecified atom stereocenters. The van der Waals surface area contributed by atoms with Crippen LogP contribution >= 0.6 is 0 Å². The van der Waals surface area contributed by atoms with E-state index in [0.717, 1.165) is 19.1 Å². The quantitative estimate of drug-likeness (QED) is 0.567. The molecule has 166 valence electrons. The van der Waals surface area contributed by atoms with Crippen LogP contribution in [0.15, 0.2) is 4.99 Å². The van der Waals surface area contributed by atoms with Crippen LogP contribution in [0.2, 0.25) is 0 Å². The normalized spacial score (nSPS) is 18.4. The van der Waals surface area contributed by atoms with Gasteiger partial charge in [-0.2, -0.15) is 0 Å². The van der Waals surface area contributed by atoms with Crippen molar-refractivity contribution in [1.29, 1.82) is 0 Å². The minimum Gasteiger partial charge on any atom is -0.444 e. The molecular weight excluding hydrogens is 398 g/mol. The zero-order valence-electron chi connectivity index (χ0n) is 17.7. The van der Waals surface area contributed by atoms with E-state index in [0.29, 0.717) is 51.5 Å². The predicted molar refractivity (Wildman–Crippen MR) is 110 cm³/mol. The topological polar surface area (TPSA) is 120 Å². The first kappa shape index (κ1) is 23.2. The number of hydrogen-bond donors (Lipinski definition) is 2. The summed E-state index contributed by atoms with van der Waals surface area (Å²) in [6.45, 7) is 7.89. The molecule has 0 aromatic carbocycles. The Labute approximate surface area is 173 Å². The Kier molecular flexibility index (Phi) is 7.73. The molecule has 2 aliphatic heterocycles. The van der Waals surface area contributed by atoms with Crippen molar-refractivity contribution in [3.8, 4) is 0 Å². The molecule has 29 heavy (non-hydrogen) atoms. The van der Waals surface area contributed by atoms with Crippen LogP contribution < -0.4 is 10.6 Å². The summed E-state index contributed by atoms with van der Waals surface area (Å²) in [6, 6.07) is -0.679. The molecule has 10 nitrogen and oxygen atoms in total. The zero-order chi connectivity index (χ0) is 21.7. The molecule has 0 aromatic rings. The number of nitrogens with zero attached hydrogens (tertiary/aromatic N) is 3. The third-order valence-corrected chi connectivity index (χ3v) is 5.72. The number of carbonyl (C=O) groups is 2. The van der Waals surface area contributed by atoms with E-state index in [4.69, 9.17) is 4.74 Å². The second kappa shape index (κ2) is 9.64. The van der Waals surface area contributed by atoms with Crippen molar-refractivity contribution in [2.45, 2.75) is 58.1 Å². The fourth-order valence-corrected chi connectivity index (χ4v) is 4.12. The van der Waals surface area contributed by atoms with Gasteiger partial charge in [-0.3, -0.25) is 9.79 Å². The van der Waals surface area contributed by atoms with E-state index in [9.17, 15) is 18.0 Å². The predicted octanol–water partition coefficient (Wildman–Crippen LogP) is 0.503. The molecule has 0 saturated carbocycles.